The molecule has 0 saturated heterocycles. The van der Waals surface area contributed by atoms with Crippen LogP contribution in [0.15, 0.2) is 54.6 Å². The van der Waals surface area contributed by atoms with Crippen LogP contribution in [-0.2, 0) is 11.0 Å². The molecule has 8 heteroatoms. The minimum absolute atomic E-state index is 0.0455. The third kappa shape index (κ3) is 5.16. The summed E-state index contributed by atoms with van der Waals surface area (Å²) < 4.78 is 52.3. The summed E-state index contributed by atoms with van der Waals surface area (Å²) in [6.07, 6.45) is -1.04. The highest BCUT2D eigenvalue weighted by atomic mass is 19.4. The molecule has 1 heterocycles. The number of anilines is 1. The van der Waals surface area contributed by atoms with Gasteiger partial charge in [-0.25, -0.2) is 14.2 Å². The summed E-state index contributed by atoms with van der Waals surface area (Å²) >= 11 is 0. The Balaban J connectivity index is 2.68. The first-order chi connectivity index (χ1) is 12.6. The van der Waals surface area contributed by atoms with Gasteiger partial charge in [0.05, 0.1) is 0 Å². The van der Waals surface area contributed by atoms with E-state index in [2.05, 4.69) is 4.98 Å². The zero-order valence-electron chi connectivity index (χ0n) is 14.5. The Morgan fingerprint density at radius 2 is 1.74 bits per heavy atom. The van der Waals surface area contributed by atoms with Crippen LogP contribution in [0, 0.1) is 5.82 Å². The molecule has 1 aromatic carbocycles. The van der Waals surface area contributed by atoms with Gasteiger partial charge in [-0.3, -0.25) is 0 Å². The number of carbonyl (C=O) groups is 1. The molecule has 142 valence electrons. The van der Waals surface area contributed by atoms with Crippen LogP contribution in [0.2, 0.25) is 0 Å². The third-order valence-corrected chi connectivity index (χ3v) is 3.54. The Labute approximate surface area is 153 Å². The van der Waals surface area contributed by atoms with Gasteiger partial charge in [0, 0.05) is 25.7 Å². The number of carboxylic acid groups (broad SMARTS) is 1. The molecule has 0 unspecified atom stereocenters. The second-order valence-corrected chi connectivity index (χ2v) is 5.74. The van der Waals surface area contributed by atoms with E-state index < -0.39 is 23.7 Å². The standard InChI is InChI=1S/C19H16F4N2O2/c1-25(2)18-15(10-11-16(24-18)19(21,22)23)14(4-3-5-17(26)27)12-6-8-13(20)9-7-12/h3-11H,1-2H3,(H,26,27). The Morgan fingerprint density at radius 3 is 2.26 bits per heavy atom. The van der Waals surface area contributed by atoms with Crippen molar-refractivity contribution in [1.29, 1.82) is 0 Å². The number of aromatic nitrogens is 1. The smallest absolute Gasteiger partial charge is 0.433 e. The molecule has 0 fully saturated rings. The molecule has 1 aromatic heterocycles. The normalized spacial score (nSPS) is 12.4. The molecule has 1 N–H and O–H groups in total. The van der Waals surface area contributed by atoms with Gasteiger partial charge in [0.15, 0.2) is 0 Å². The monoisotopic (exact) mass is 380 g/mol. The Kier molecular flexibility index (Phi) is 5.99. The van der Waals surface area contributed by atoms with E-state index in [1.165, 1.54) is 47.4 Å². The van der Waals surface area contributed by atoms with Crippen molar-refractivity contribution in [2.75, 3.05) is 19.0 Å². The number of alkyl halides is 3. The molecule has 2 aromatic rings. The highest BCUT2D eigenvalue weighted by Gasteiger charge is 2.33. The number of aliphatic carboxylic acids is 1. The number of carboxylic acids is 1. The van der Waals surface area contributed by atoms with Crippen LogP contribution < -0.4 is 4.90 Å². The second-order valence-electron chi connectivity index (χ2n) is 5.74. The highest BCUT2D eigenvalue weighted by molar-refractivity contribution is 5.87. The molecule has 0 radical (unpaired) electrons. The molecule has 0 aliphatic rings. The zero-order valence-corrected chi connectivity index (χ0v) is 14.5. The molecule has 0 spiro atoms. The molecular weight excluding hydrogens is 364 g/mol. The highest BCUT2D eigenvalue weighted by Crippen LogP contribution is 2.34. The molecule has 0 amide bonds. The molecule has 0 aliphatic carbocycles. The zero-order chi connectivity index (χ0) is 20.2. The Bertz CT molecular complexity index is 886. The third-order valence-electron chi connectivity index (χ3n) is 3.54. The summed E-state index contributed by atoms with van der Waals surface area (Å²) in [4.78, 5) is 15.8. The van der Waals surface area contributed by atoms with Gasteiger partial charge in [0.1, 0.15) is 17.3 Å². The van der Waals surface area contributed by atoms with Gasteiger partial charge in [0.25, 0.3) is 0 Å². The van der Waals surface area contributed by atoms with Crippen LogP contribution in [0.1, 0.15) is 16.8 Å². The molecule has 0 bridgehead atoms. The van der Waals surface area contributed by atoms with Gasteiger partial charge in [0.2, 0.25) is 0 Å². The van der Waals surface area contributed by atoms with Crippen LogP contribution in [0.5, 0.6) is 0 Å². The van der Waals surface area contributed by atoms with E-state index in [0.717, 1.165) is 12.1 Å². The fourth-order valence-corrected chi connectivity index (χ4v) is 2.36. The predicted molar refractivity (Wildman–Crippen MR) is 93.8 cm³/mol. The van der Waals surface area contributed by atoms with Crippen molar-refractivity contribution in [1.82, 2.24) is 4.98 Å². The lowest BCUT2D eigenvalue weighted by Gasteiger charge is -2.20. The van der Waals surface area contributed by atoms with Crippen molar-refractivity contribution in [3.8, 4) is 0 Å². The first-order valence-corrected chi connectivity index (χ1v) is 7.72. The van der Waals surface area contributed by atoms with E-state index in [-0.39, 0.29) is 5.82 Å². The number of pyridine rings is 1. The van der Waals surface area contributed by atoms with Crippen LogP contribution in [0.4, 0.5) is 23.4 Å². The van der Waals surface area contributed by atoms with Crippen LogP contribution in [0.25, 0.3) is 5.57 Å². The number of hydrogen-bond acceptors (Lipinski definition) is 3. The largest absolute Gasteiger partial charge is 0.478 e. The average molecular weight is 380 g/mol. The van der Waals surface area contributed by atoms with E-state index in [4.69, 9.17) is 5.11 Å². The molecule has 2 rings (SSSR count). The van der Waals surface area contributed by atoms with Crippen LogP contribution >= 0.6 is 0 Å². The Hall–Kier alpha value is -3.16. The number of allylic oxidation sites excluding steroid dienone is 2. The number of hydrogen-bond donors (Lipinski definition) is 1. The minimum Gasteiger partial charge on any atom is -0.478 e. The fourth-order valence-electron chi connectivity index (χ4n) is 2.36. The minimum atomic E-state index is -4.60. The quantitative estimate of drug-likeness (QED) is 0.475. The SMILES string of the molecule is CN(C)c1nc(C(F)(F)F)ccc1C(=CC=CC(=O)O)c1ccc(F)cc1. The summed E-state index contributed by atoms with van der Waals surface area (Å²) in [5, 5.41) is 8.76. The summed E-state index contributed by atoms with van der Waals surface area (Å²) in [5.41, 5.74) is 0.192. The average Bonchev–Trinajstić information content (AvgIpc) is 2.58. The summed E-state index contributed by atoms with van der Waals surface area (Å²) in [6.45, 7) is 0. The number of nitrogens with zero attached hydrogens (tertiary/aromatic N) is 2. The van der Waals surface area contributed by atoms with Gasteiger partial charge in [-0.15, -0.1) is 0 Å². The van der Waals surface area contributed by atoms with Crippen molar-refractivity contribution in [2.24, 2.45) is 0 Å². The van der Waals surface area contributed by atoms with Gasteiger partial charge in [-0.1, -0.05) is 24.3 Å². The van der Waals surface area contributed by atoms with E-state index in [1.807, 2.05) is 0 Å². The molecule has 4 nitrogen and oxygen atoms in total. The first kappa shape index (κ1) is 20.2. The first-order valence-electron chi connectivity index (χ1n) is 7.72. The van der Waals surface area contributed by atoms with Crippen molar-refractivity contribution >= 4 is 17.4 Å². The molecular formula is C19H16F4N2O2. The lowest BCUT2D eigenvalue weighted by Crippen LogP contribution is -2.17. The van der Waals surface area contributed by atoms with Crippen molar-refractivity contribution in [3.05, 3.63) is 77.3 Å². The molecule has 0 saturated carbocycles. The van der Waals surface area contributed by atoms with Crippen molar-refractivity contribution in [3.63, 3.8) is 0 Å². The summed E-state index contributed by atoms with van der Waals surface area (Å²) in [7, 11) is 3.09. The van der Waals surface area contributed by atoms with E-state index in [9.17, 15) is 22.4 Å². The van der Waals surface area contributed by atoms with E-state index in [0.29, 0.717) is 16.7 Å². The van der Waals surface area contributed by atoms with Gasteiger partial charge in [-0.2, -0.15) is 13.2 Å². The van der Waals surface area contributed by atoms with Gasteiger partial charge < -0.3 is 10.0 Å². The maximum atomic E-state index is 13.2. The predicted octanol–water partition coefficient (Wildman–Crippen LogP) is 4.38. The topological polar surface area (TPSA) is 53.4 Å². The summed E-state index contributed by atoms with van der Waals surface area (Å²) in [6, 6.07) is 7.42. The lowest BCUT2D eigenvalue weighted by atomic mass is 9.97. The molecule has 0 atom stereocenters. The van der Waals surface area contributed by atoms with Gasteiger partial charge in [-0.05, 0) is 35.4 Å². The van der Waals surface area contributed by atoms with Gasteiger partial charge >= 0.3 is 12.1 Å². The molecule has 27 heavy (non-hydrogen) atoms. The number of benzene rings is 1. The fraction of sp³-hybridized carbons (Fsp3) is 0.158. The Morgan fingerprint density at radius 1 is 1.11 bits per heavy atom. The number of halogens is 4. The van der Waals surface area contributed by atoms with Crippen LogP contribution in [0.3, 0.4) is 0 Å². The van der Waals surface area contributed by atoms with Crippen LogP contribution in [-0.4, -0.2) is 30.2 Å². The van der Waals surface area contributed by atoms with Crippen molar-refractivity contribution in [2.45, 2.75) is 6.18 Å². The maximum Gasteiger partial charge on any atom is 0.433 e. The number of rotatable bonds is 5. The second kappa shape index (κ2) is 8.03. The lowest BCUT2D eigenvalue weighted by molar-refractivity contribution is -0.141. The van der Waals surface area contributed by atoms with E-state index >= 15 is 0 Å². The maximum absolute atomic E-state index is 13.2. The molecule has 0 aliphatic heterocycles. The summed E-state index contributed by atoms with van der Waals surface area (Å²) in [5.74, 6) is -1.61. The van der Waals surface area contributed by atoms with E-state index in [1.54, 1.807) is 14.1 Å². The van der Waals surface area contributed by atoms with Crippen molar-refractivity contribution < 1.29 is 27.5 Å².